The maximum atomic E-state index is 12.8. The molecule has 15 nitrogen and oxygen atoms in total. The molecule has 1 fully saturated rings. The highest BCUT2D eigenvalue weighted by Crippen LogP contribution is 2.30. The van der Waals surface area contributed by atoms with E-state index in [1.807, 2.05) is 37.3 Å². The fraction of sp³-hybridized carbons (Fsp3) is 0.300. The largest absolute Gasteiger partial charge is 0.489 e. The second-order valence-electron chi connectivity index (χ2n) is 10.3. The lowest BCUT2D eigenvalue weighted by molar-refractivity contribution is -0.135. The van der Waals surface area contributed by atoms with Gasteiger partial charge in [0.1, 0.15) is 23.7 Å². The number of nitrogens with one attached hydrogen (secondary N) is 3. The summed E-state index contributed by atoms with van der Waals surface area (Å²) in [6.07, 6.45) is 4.21. The molecule has 1 aliphatic rings. The Labute approximate surface area is 259 Å². The summed E-state index contributed by atoms with van der Waals surface area (Å²) < 4.78 is 7.46. The van der Waals surface area contributed by atoms with Crippen molar-refractivity contribution in [2.45, 2.75) is 39.3 Å². The molecule has 4 aromatic rings. The Balaban J connectivity index is 0.000000619. The average molecular weight is 620 g/mol. The number of aryl methyl sites for hydroxylation is 1. The maximum Gasteiger partial charge on any atom is 0.350 e. The van der Waals surface area contributed by atoms with Crippen molar-refractivity contribution in [2.24, 2.45) is 5.73 Å². The van der Waals surface area contributed by atoms with Crippen LogP contribution in [0.1, 0.15) is 48.8 Å². The second kappa shape index (κ2) is 15.8. The molecular weight excluding hydrogens is 582 g/mol. The van der Waals surface area contributed by atoms with E-state index in [1.165, 1.54) is 0 Å². The van der Waals surface area contributed by atoms with Crippen LogP contribution >= 0.6 is 0 Å². The van der Waals surface area contributed by atoms with Crippen molar-refractivity contribution in [2.75, 3.05) is 25.5 Å². The number of benzene rings is 2. The molecule has 1 saturated heterocycles. The van der Waals surface area contributed by atoms with Gasteiger partial charge in [-0.1, -0.05) is 6.07 Å². The van der Waals surface area contributed by atoms with E-state index in [1.54, 1.807) is 30.6 Å². The lowest BCUT2D eigenvalue weighted by Crippen LogP contribution is -2.21. The number of hydrogen-bond acceptors (Lipinski definition) is 10. The molecule has 45 heavy (non-hydrogen) atoms. The Bertz CT molecular complexity index is 1630. The zero-order chi connectivity index (χ0) is 33.1. The molecule has 2 unspecified atom stereocenters. The van der Waals surface area contributed by atoms with Crippen molar-refractivity contribution in [1.82, 2.24) is 29.6 Å². The van der Waals surface area contributed by atoms with Gasteiger partial charge in [0.15, 0.2) is 5.82 Å². The third kappa shape index (κ3) is 10.6. The van der Waals surface area contributed by atoms with Crippen molar-refractivity contribution < 1.29 is 24.5 Å². The molecule has 15 heteroatoms. The minimum absolute atomic E-state index is 0.00735. The lowest BCUT2D eigenvalue weighted by atomic mass is 10.0. The Morgan fingerprint density at radius 3 is 2.29 bits per heavy atom. The van der Waals surface area contributed by atoms with Crippen LogP contribution in [-0.4, -0.2) is 83.9 Å². The summed E-state index contributed by atoms with van der Waals surface area (Å²) >= 11 is 0. The summed E-state index contributed by atoms with van der Waals surface area (Å²) in [6, 6.07) is 14.4. The Kier molecular flexibility index (Phi) is 11.9. The van der Waals surface area contributed by atoms with E-state index in [0.29, 0.717) is 11.4 Å². The molecule has 1 aliphatic heterocycles. The summed E-state index contributed by atoms with van der Waals surface area (Å²) in [7, 11) is 2.09. The number of aliphatic carboxylic acids is 2. The first kappa shape index (κ1) is 33.9. The number of carboxylic acid groups (broad SMARTS) is 2. The topological polar surface area (TPSA) is 225 Å². The molecule has 7 N–H and O–H groups in total. The first-order valence-electron chi connectivity index (χ1n) is 13.9. The summed E-state index contributed by atoms with van der Waals surface area (Å²) in [5.74, 6) is -0.335. The van der Waals surface area contributed by atoms with Crippen molar-refractivity contribution in [1.29, 1.82) is 5.41 Å². The van der Waals surface area contributed by atoms with Crippen molar-refractivity contribution in [3.63, 3.8) is 0 Å². The number of likely N-dealkylation sites (N-methyl/N-ethyl adjacent to an activating group) is 1. The summed E-state index contributed by atoms with van der Waals surface area (Å²) in [5.41, 5.74) is 8.44. The third-order valence-electron chi connectivity index (χ3n) is 6.21. The van der Waals surface area contributed by atoms with Crippen LogP contribution in [0.2, 0.25) is 0 Å². The van der Waals surface area contributed by atoms with Crippen LogP contribution < -0.4 is 21.5 Å². The Hall–Kier alpha value is -5.57. The van der Waals surface area contributed by atoms with E-state index < -0.39 is 23.7 Å². The molecule has 0 radical (unpaired) electrons. The summed E-state index contributed by atoms with van der Waals surface area (Å²) in [6.45, 7) is 6.06. The van der Waals surface area contributed by atoms with Crippen LogP contribution in [0.25, 0.3) is 5.95 Å². The number of aromatic amines is 1. The van der Waals surface area contributed by atoms with Crippen LogP contribution in [0, 0.1) is 12.3 Å². The molecule has 0 amide bonds. The number of anilines is 1. The molecule has 0 bridgehead atoms. The summed E-state index contributed by atoms with van der Waals surface area (Å²) in [4.78, 5) is 44.2. The van der Waals surface area contributed by atoms with E-state index in [0.717, 1.165) is 60.6 Å². The monoisotopic (exact) mass is 619 g/mol. The van der Waals surface area contributed by atoms with Crippen molar-refractivity contribution in [3.8, 4) is 11.7 Å². The number of rotatable bonds is 8. The lowest BCUT2D eigenvalue weighted by Gasteiger charge is -2.21. The standard InChI is InChI=1S/C26H29N9O2.2C2H4O2/c1-16-12-18(14-21(13-16)37-20-8-11-34(2)15-20)22(31-19-6-4-17(5-7-19)23(27)28)24-32-26(36)35(33-24)25-29-9-3-10-30-25;2*1-2(3)4/h3-7,9-10,12-14,20,22,31H,8,11,15H2,1-2H3,(H3,27,28)(H,32,33,36);2*1H3,(H,3,4). The quantitative estimate of drug-likeness (QED) is 0.123. The van der Waals surface area contributed by atoms with Gasteiger partial charge in [-0.3, -0.25) is 20.0 Å². The van der Waals surface area contributed by atoms with Crippen LogP contribution in [0.4, 0.5) is 5.69 Å². The molecule has 2 aromatic heterocycles. The number of H-pyrrole nitrogens is 1. The molecule has 5 rings (SSSR count). The maximum absolute atomic E-state index is 12.8. The first-order chi connectivity index (χ1) is 21.3. The van der Waals surface area contributed by atoms with Gasteiger partial charge >= 0.3 is 5.69 Å². The molecule has 2 atom stereocenters. The highest BCUT2D eigenvalue weighted by atomic mass is 16.5. The van der Waals surface area contributed by atoms with Gasteiger partial charge in [0.25, 0.3) is 17.9 Å². The molecular formula is C30H37N9O6. The molecule has 238 valence electrons. The Morgan fingerprint density at radius 2 is 1.73 bits per heavy atom. The highest BCUT2D eigenvalue weighted by molar-refractivity contribution is 5.95. The predicted octanol–water partition coefficient (Wildman–Crippen LogP) is 2.41. The number of nitrogens with two attached hydrogens (primary N) is 1. The second-order valence-corrected chi connectivity index (χ2v) is 10.3. The normalized spacial score (nSPS) is 14.6. The van der Waals surface area contributed by atoms with E-state index in [4.69, 9.17) is 35.7 Å². The highest BCUT2D eigenvalue weighted by Gasteiger charge is 2.24. The predicted molar refractivity (Wildman–Crippen MR) is 167 cm³/mol. The third-order valence-corrected chi connectivity index (χ3v) is 6.21. The van der Waals surface area contributed by atoms with Crippen LogP contribution in [0.15, 0.2) is 65.7 Å². The minimum atomic E-state index is -0.833. The molecule has 0 saturated carbocycles. The van der Waals surface area contributed by atoms with Gasteiger partial charge in [-0.15, -0.1) is 9.78 Å². The molecule has 2 aromatic carbocycles. The number of nitrogen functional groups attached to an aromatic ring is 1. The van der Waals surface area contributed by atoms with Gasteiger partial charge in [-0.05, 0) is 74.0 Å². The fourth-order valence-electron chi connectivity index (χ4n) is 4.42. The number of aromatic nitrogens is 5. The minimum Gasteiger partial charge on any atom is -0.489 e. The smallest absolute Gasteiger partial charge is 0.350 e. The van der Waals surface area contributed by atoms with Gasteiger partial charge in [0, 0.05) is 50.6 Å². The number of hydrogen-bond donors (Lipinski definition) is 6. The number of carboxylic acids is 2. The van der Waals surface area contributed by atoms with E-state index in [9.17, 15) is 4.79 Å². The Morgan fingerprint density at radius 1 is 1.11 bits per heavy atom. The van der Waals surface area contributed by atoms with Gasteiger partial charge in [-0.25, -0.2) is 14.8 Å². The fourth-order valence-corrected chi connectivity index (χ4v) is 4.42. The molecule has 3 heterocycles. The molecule has 0 aliphatic carbocycles. The van der Waals surface area contributed by atoms with Crippen molar-refractivity contribution in [3.05, 3.63) is 93.9 Å². The van der Waals surface area contributed by atoms with Crippen LogP contribution in [-0.2, 0) is 9.59 Å². The first-order valence-corrected chi connectivity index (χ1v) is 13.9. The number of likely N-dealkylation sites (tertiary alicyclic amines) is 1. The SMILES string of the molecule is CC(=O)O.CC(=O)O.Cc1cc(OC2CCN(C)C2)cc(C(Nc2ccc(C(=N)N)cc2)c2nn(-c3ncccn3)c(=O)[nH]2)c1. The average Bonchev–Trinajstić information content (AvgIpc) is 3.56. The van der Waals surface area contributed by atoms with E-state index >= 15 is 0 Å². The number of carbonyl (C=O) groups is 2. The van der Waals surface area contributed by atoms with Gasteiger partial charge in [0.2, 0.25) is 0 Å². The van der Waals surface area contributed by atoms with Gasteiger partial charge < -0.3 is 30.9 Å². The zero-order valence-corrected chi connectivity index (χ0v) is 25.4. The van der Waals surface area contributed by atoms with Crippen molar-refractivity contribution >= 4 is 23.5 Å². The van der Waals surface area contributed by atoms with E-state index in [2.05, 4.69) is 37.3 Å². The zero-order valence-electron chi connectivity index (χ0n) is 25.4. The molecule has 0 spiro atoms. The van der Waals surface area contributed by atoms with Gasteiger partial charge in [0.05, 0.1) is 0 Å². The van der Waals surface area contributed by atoms with Gasteiger partial charge in [-0.2, -0.15) is 0 Å². The van der Waals surface area contributed by atoms with Crippen LogP contribution in [0.5, 0.6) is 5.75 Å². The number of ether oxygens (including phenoxy) is 1. The van der Waals surface area contributed by atoms with E-state index in [-0.39, 0.29) is 17.9 Å². The number of nitrogens with zero attached hydrogens (tertiary/aromatic N) is 5. The number of amidine groups is 1. The van der Waals surface area contributed by atoms with Crippen LogP contribution in [0.3, 0.4) is 0 Å². The summed E-state index contributed by atoms with van der Waals surface area (Å²) in [5, 5.41) is 30.5.